The van der Waals surface area contributed by atoms with Gasteiger partial charge in [0.15, 0.2) is 6.61 Å². The highest BCUT2D eigenvalue weighted by atomic mass is 16.5. The number of hydrogen-bond donors (Lipinski definition) is 1. The highest BCUT2D eigenvalue weighted by molar-refractivity contribution is 5.93. The van der Waals surface area contributed by atoms with Crippen LogP contribution in [0.4, 0.5) is 0 Å². The number of carbonyl (C=O) groups is 2. The van der Waals surface area contributed by atoms with Crippen LogP contribution in [0.3, 0.4) is 0 Å². The fourth-order valence-electron chi connectivity index (χ4n) is 2.80. The summed E-state index contributed by atoms with van der Waals surface area (Å²) in [6.07, 6.45) is 0. The lowest BCUT2D eigenvalue weighted by Gasteiger charge is -2.11. The summed E-state index contributed by atoms with van der Waals surface area (Å²) in [6, 6.07) is 24.3. The van der Waals surface area contributed by atoms with Crippen LogP contribution in [0.15, 0.2) is 78.9 Å². The van der Waals surface area contributed by atoms with Crippen LogP contribution in [-0.2, 0) is 17.9 Å². The van der Waals surface area contributed by atoms with Crippen LogP contribution in [0, 0.1) is 0 Å². The highest BCUT2D eigenvalue weighted by Gasteiger charge is 2.08. The number of carbonyl (C=O) groups excluding carboxylic acids is 2. The average Bonchev–Trinajstić information content (AvgIpc) is 2.81. The molecule has 3 aromatic rings. The summed E-state index contributed by atoms with van der Waals surface area (Å²) in [5.74, 6) is 1.05. The van der Waals surface area contributed by atoms with Gasteiger partial charge in [-0.25, -0.2) is 0 Å². The zero-order chi connectivity index (χ0) is 22.1. The maximum absolute atomic E-state index is 12.1. The molecule has 6 heteroatoms. The molecule has 6 nitrogen and oxygen atoms in total. The van der Waals surface area contributed by atoms with Crippen molar-refractivity contribution in [3.8, 4) is 11.5 Å². The van der Waals surface area contributed by atoms with Gasteiger partial charge in [0, 0.05) is 26.2 Å². The van der Waals surface area contributed by atoms with E-state index in [0.29, 0.717) is 24.5 Å². The van der Waals surface area contributed by atoms with Gasteiger partial charge in [-0.1, -0.05) is 42.5 Å². The number of rotatable bonds is 9. The summed E-state index contributed by atoms with van der Waals surface area (Å²) in [6.45, 7) is 0.778. The van der Waals surface area contributed by atoms with Crippen LogP contribution in [0.2, 0.25) is 0 Å². The summed E-state index contributed by atoms with van der Waals surface area (Å²) in [5.41, 5.74) is 2.61. The Morgan fingerprint density at radius 3 is 2.00 bits per heavy atom. The molecule has 0 fully saturated rings. The van der Waals surface area contributed by atoms with Gasteiger partial charge in [-0.05, 0) is 47.5 Å². The minimum Gasteiger partial charge on any atom is -0.489 e. The number of nitrogens with one attached hydrogen (secondary N) is 1. The Morgan fingerprint density at radius 1 is 0.774 bits per heavy atom. The third-order valence-corrected chi connectivity index (χ3v) is 4.54. The lowest BCUT2D eigenvalue weighted by molar-refractivity contribution is -0.123. The highest BCUT2D eigenvalue weighted by Crippen LogP contribution is 2.18. The van der Waals surface area contributed by atoms with Crippen molar-refractivity contribution in [3.05, 3.63) is 95.6 Å². The molecule has 0 aliphatic heterocycles. The first-order chi connectivity index (χ1) is 15.0. The number of amides is 2. The number of hydrogen-bond acceptors (Lipinski definition) is 4. The molecule has 3 rings (SSSR count). The molecule has 0 heterocycles. The van der Waals surface area contributed by atoms with Crippen LogP contribution >= 0.6 is 0 Å². The normalized spacial score (nSPS) is 10.3. The molecule has 0 atom stereocenters. The smallest absolute Gasteiger partial charge is 0.258 e. The molecular weight excluding hydrogens is 392 g/mol. The topological polar surface area (TPSA) is 67.9 Å². The standard InChI is InChI=1S/C25H26N2O4/c1-27(2)25(29)21-10-8-19(9-11-21)16-26-24(28)18-31-23-14-12-22(13-15-23)30-17-20-6-4-3-5-7-20/h3-15H,16-18H2,1-2H3,(H,26,28). The zero-order valence-electron chi connectivity index (χ0n) is 17.7. The SMILES string of the molecule is CN(C)C(=O)c1ccc(CNC(=O)COc2ccc(OCc3ccccc3)cc2)cc1. The molecule has 0 aliphatic rings. The van der Waals surface area contributed by atoms with Gasteiger partial charge in [-0.15, -0.1) is 0 Å². The Kier molecular flexibility index (Phi) is 7.65. The lowest BCUT2D eigenvalue weighted by atomic mass is 10.1. The Hall–Kier alpha value is -3.80. The van der Waals surface area contributed by atoms with Crippen molar-refractivity contribution in [2.75, 3.05) is 20.7 Å². The van der Waals surface area contributed by atoms with E-state index in [4.69, 9.17) is 9.47 Å². The molecule has 2 amide bonds. The van der Waals surface area contributed by atoms with E-state index in [0.717, 1.165) is 16.9 Å². The molecule has 0 bridgehead atoms. The predicted octanol–water partition coefficient (Wildman–Crippen LogP) is 3.66. The second-order valence-corrected chi connectivity index (χ2v) is 7.21. The monoisotopic (exact) mass is 418 g/mol. The fraction of sp³-hybridized carbons (Fsp3) is 0.200. The predicted molar refractivity (Wildman–Crippen MR) is 119 cm³/mol. The quantitative estimate of drug-likeness (QED) is 0.576. The second kappa shape index (κ2) is 10.8. The molecule has 0 radical (unpaired) electrons. The van der Waals surface area contributed by atoms with Crippen molar-refractivity contribution < 1.29 is 19.1 Å². The summed E-state index contributed by atoms with van der Waals surface area (Å²) < 4.78 is 11.3. The van der Waals surface area contributed by atoms with Gasteiger partial charge in [0.05, 0.1) is 0 Å². The van der Waals surface area contributed by atoms with Crippen LogP contribution < -0.4 is 14.8 Å². The largest absolute Gasteiger partial charge is 0.489 e. The molecule has 0 saturated carbocycles. The fourth-order valence-corrected chi connectivity index (χ4v) is 2.80. The Labute approximate surface area is 182 Å². The maximum Gasteiger partial charge on any atom is 0.258 e. The van der Waals surface area contributed by atoms with Crippen molar-refractivity contribution in [2.24, 2.45) is 0 Å². The van der Waals surface area contributed by atoms with E-state index in [-0.39, 0.29) is 18.4 Å². The van der Waals surface area contributed by atoms with E-state index >= 15 is 0 Å². The molecule has 0 saturated heterocycles. The van der Waals surface area contributed by atoms with Crippen LogP contribution in [0.5, 0.6) is 11.5 Å². The van der Waals surface area contributed by atoms with E-state index in [1.54, 1.807) is 38.4 Å². The average molecular weight is 418 g/mol. The van der Waals surface area contributed by atoms with Crippen molar-refractivity contribution in [3.63, 3.8) is 0 Å². The van der Waals surface area contributed by atoms with Gasteiger partial charge < -0.3 is 19.7 Å². The van der Waals surface area contributed by atoms with Crippen molar-refractivity contribution >= 4 is 11.8 Å². The Morgan fingerprint density at radius 2 is 1.39 bits per heavy atom. The third-order valence-electron chi connectivity index (χ3n) is 4.54. The minimum atomic E-state index is -0.224. The molecule has 31 heavy (non-hydrogen) atoms. The summed E-state index contributed by atoms with van der Waals surface area (Å²) >= 11 is 0. The van der Waals surface area contributed by atoms with Crippen molar-refractivity contribution in [2.45, 2.75) is 13.2 Å². The van der Waals surface area contributed by atoms with E-state index in [9.17, 15) is 9.59 Å². The molecule has 3 aromatic carbocycles. The van der Waals surface area contributed by atoms with Gasteiger partial charge in [-0.2, -0.15) is 0 Å². The molecule has 0 unspecified atom stereocenters. The first-order valence-corrected chi connectivity index (χ1v) is 9.98. The number of ether oxygens (including phenoxy) is 2. The second-order valence-electron chi connectivity index (χ2n) is 7.21. The van der Waals surface area contributed by atoms with E-state index < -0.39 is 0 Å². The molecule has 0 aliphatic carbocycles. The van der Waals surface area contributed by atoms with E-state index in [2.05, 4.69) is 5.32 Å². The third kappa shape index (κ3) is 6.89. The molecule has 1 N–H and O–H groups in total. The number of benzene rings is 3. The van der Waals surface area contributed by atoms with Gasteiger partial charge in [0.25, 0.3) is 11.8 Å². The van der Waals surface area contributed by atoms with Crippen molar-refractivity contribution in [1.82, 2.24) is 10.2 Å². The zero-order valence-corrected chi connectivity index (χ0v) is 17.7. The summed E-state index contributed by atoms with van der Waals surface area (Å²) in [4.78, 5) is 25.5. The minimum absolute atomic E-state index is 0.0551. The van der Waals surface area contributed by atoms with Gasteiger partial charge >= 0.3 is 0 Å². The molecular formula is C25H26N2O4. The first kappa shape index (κ1) is 21.9. The van der Waals surface area contributed by atoms with Gasteiger partial charge in [-0.3, -0.25) is 9.59 Å². The lowest BCUT2D eigenvalue weighted by Crippen LogP contribution is -2.28. The summed E-state index contributed by atoms with van der Waals surface area (Å²) in [5, 5.41) is 2.81. The van der Waals surface area contributed by atoms with Crippen LogP contribution in [0.1, 0.15) is 21.5 Å². The Balaban J connectivity index is 1.39. The van der Waals surface area contributed by atoms with E-state index in [1.807, 2.05) is 54.6 Å². The Bertz CT molecular complexity index is 984. The van der Waals surface area contributed by atoms with E-state index in [1.165, 1.54) is 4.90 Å². The molecule has 160 valence electrons. The van der Waals surface area contributed by atoms with Crippen LogP contribution in [0.25, 0.3) is 0 Å². The first-order valence-electron chi connectivity index (χ1n) is 9.98. The van der Waals surface area contributed by atoms with Crippen molar-refractivity contribution in [1.29, 1.82) is 0 Å². The van der Waals surface area contributed by atoms with Gasteiger partial charge in [0.1, 0.15) is 18.1 Å². The molecule has 0 aromatic heterocycles. The molecule has 0 spiro atoms. The number of nitrogens with zero attached hydrogens (tertiary/aromatic N) is 1. The van der Waals surface area contributed by atoms with Gasteiger partial charge in [0.2, 0.25) is 0 Å². The maximum atomic E-state index is 12.1. The summed E-state index contributed by atoms with van der Waals surface area (Å²) in [7, 11) is 3.42. The van der Waals surface area contributed by atoms with Crippen LogP contribution in [-0.4, -0.2) is 37.4 Å².